The first kappa shape index (κ1) is 10.0. The summed E-state index contributed by atoms with van der Waals surface area (Å²) in [5.41, 5.74) is 0.629. The predicted octanol–water partition coefficient (Wildman–Crippen LogP) is 2.81. The van der Waals surface area contributed by atoms with Crippen LogP contribution < -0.4 is 5.32 Å². The molecule has 1 aliphatic carbocycles. The van der Waals surface area contributed by atoms with Crippen molar-refractivity contribution >= 4 is 0 Å². The highest BCUT2D eigenvalue weighted by molar-refractivity contribution is 5.08. The molecule has 1 N–H and O–H groups in total. The van der Waals surface area contributed by atoms with Crippen molar-refractivity contribution in [3.63, 3.8) is 0 Å². The fraction of sp³-hybridized carbons (Fsp3) is 1.00. The molecule has 1 aliphatic rings. The van der Waals surface area contributed by atoms with Gasteiger partial charge in [-0.25, -0.2) is 0 Å². The zero-order chi connectivity index (χ0) is 9.35. The minimum atomic E-state index is 0.629. The van der Waals surface area contributed by atoms with E-state index < -0.39 is 0 Å². The quantitative estimate of drug-likeness (QED) is 0.682. The van der Waals surface area contributed by atoms with E-state index in [2.05, 4.69) is 39.9 Å². The molecule has 12 heavy (non-hydrogen) atoms. The largest absolute Gasteiger partial charge is 0.311 e. The predicted molar refractivity (Wildman–Crippen MR) is 54.2 cm³/mol. The zero-order valence-corrected chi connectivity index (χ0v) is 9.15. The molecule has 0 amide bonds. The molecule has 1 heteroatoms. The van der Waals surface area contributed by atoms with Crippen molar-refractivity contribution in [3.8, 4) is 0 Å². The maximum Gasteiger partial charge on any atom is 0.0135 e. The second-order valence-corrected chi connectivity index (χ2v) is 4.82. The molecule has 1 nitrogen and oxygen atoms in total. The third-order valence-electron chi connectivity index (χ3n) is 3.46. The monoisotopic (exact) mass is 169 g/mol. The van der Waals surface area contributed by atoms with E-state index in [1.807, 2.05) is 0 Å². The van der Waals surface area contributed by atoms with Crippen molar-refractivity contribution in [3.05, 3.63) is 0 Å². The summed E-state index contributed by atoms with van der Waals surface area (Å²) in [4.78, 5) is 0. The lowest BCUT2D eigenvalue weighted by atomic mass is 9.89. The molecule has 72 valence electrons. The maximum atomic E-state index is 3.64. The summed E-state index contributed by atoms with van der Waals surface area (Å²) in [5, 5.41) is 3.64. The van der Waals surface area contributed by atoms with E-state index in [9.17, 15) is 0 Å². The van der Waals surface area contributed by atoms with E-state index in [0.29, 0.717) is 11.5 Å². The van der Waals surface area contributed by atoms with Gasteiger partial charge in [-0.2, -0.15) is 0 Å². The Hall–Kier alpha value is -0.0400. The van der Waals surface area contributed by atoms with Crippen molar-refractivity contribution in [2.24, 2.45) is 11.3 Å². The first-order valence-electron chi connectivity index (χ1n) is 5.29. The average Bonchev–Trinajstić information content (AvgIpc) is 2.62. The fourth-order valence-corrected chi connectivity index (χ4v) is 2.39. The summed E-state index contributed by atoms with van der Waals surface area (Å²) in [6.45, 7) is 11.5. The van der Waals surface area contributed by atoms with E-state index in [-0.39, 0.29) is 0 Å². The maximum absolute atomic E-state index is 3.64. The van der Waals surface area contributed by atoms with Gasteiger partial charge in [0.15, 0.2) is 0 Å². The molecule has 0 spiro atoms. The van der Waals surface area contributed by atoms with E-state index in [0.717, 1.165) is 12.0 Å². The molecule has 0 radical (unpaired) electrons. The van der Waals surface area contributed by atoms with Crippen LogP contribution in [0.1, 0.15) is 47.5 Å². The lowest BCUT2D eigenvalue weighted by molar-refractivity contribution is 0.313. The van der Waals surface area contributed by atoms with Gasteiger partial charge in [0.05, 0.1) is 0 Å². The number of rotatable bonds is 4. The van der Waals surface area contributed by atoms with Gasteiger partial charge in [0, 0.05) is 12.1 Å². The Bertz CT molecular complexity index is 151. The molecule has 1 fully saturated rings. The summed E-state index contributed by atoms with van der Waals surface area (Å²) in [6.07, 6.45) is 2.72. The van der Waals surface area contributed by atoms with Crippen molar-refractivity contribution in [2.45, 2.75) is 59.5 Å². The van der Waals surface area contributed by atoms with Crippen LogP contribution >= 0.6 is 0 Å². The lowest BCUT2D eigenvalue weighted by Gasteiger charge is -2.21. The van der Waals surface area contributed by atoms with Crippen molar-refractivity contribution in [1.29, 1.82) is 0 Å². The third-order valence-corrected chi connectivity index (χ3v) is 3.46. The molecule has 0 aromatic carbocycles. The third kappa shape index (κ3) is 1.66. The molecule has 0 bridgehead atoms. The molecule has 2 atom stereocenters. The Balaban J connectivity index is 2.44. The number of nitrogens with one attached hydrogen (secondary N) is 1. The first-order valence-corrected chi connectivity index (χ1v) is 5.29. The van der Waals surface area contributed by atoms with E-state index in [4.69, 9.17) is 0 Å². The number of hydrogen-bond acceptors (Lipinski definition) is 1. The molecule has 0 heterocycles. The summed E-state index contributed by atoms with van der Waals surface area (Å²) in [7, 11) is 0. The van der Waals surface area contributed by atoms with Crippen molar-refractivity contribution < 1.29 is 0 Å². The smallest absolute Gasteiger partial charge is 0.0135 e. The van der Waals surface area contributed by atoms with Crippen LogP contribution in [-0.2, 0) is 0 Å². The van der Waals surface area contributed by atoms with Gasteiger partial charge < -0.3 is 5.32 Å². The van der Waals surface area contributed by atoms with E-state index in [1.165, 1.54) is 12.8 Å². The Morgan fingerprint density at radius 1 is 1.33 bits per heavy atom. The second kappa shape index (κ2) is 3.37. The average molecular weight is 169 g/mol. The van der Waals surface area contributed by atoms with Crippen LogP contribution in [0.25, 0.3) is 0 Å². The number of hydrogen-bond donors (Lipinski definition) is 1. The molecule has 1 rings (SSSR count). The molecular weight excluding hydrogens is 146 g/mol. The Morgan fingerprint density at radius 3 is 2.17 bits per heavy atom. The van der Waals surface area contributed by atoms with Gasteiger partial charge in [-0.1, -0.05) is 34.6 Å². The van der Waals surface area contributed by atoms with Crippen LogP contribution in [-0.4, -0.2) is 12.1 Å². The first-order chi connectivity index (χ1) is 5.53. The van der Waals surface area contributed by atoms with Gasteiger partial charge in [-0.05, 0) is 24.2 Å². The highest BCUT2D eigenvalue weighted by atomic mass is 15.0. The van der Waals surface area contributed by atoms with Gasteiger partial charge in [0.1, 0.15) is 0 Å². The van der Waals surface area contributed by atoms with Gasteiger partial charge >= 0.3 is 0 Å². The normalized spacial score (nSPS) is 34.8. The van der Waals surface area contributed by atoms with Crippen LogP contribution in [0, 0.1) is 11.3 Å². The SMILES string of the molecule is CCC1(C(C)C)CC1NC(C)C. The molecule has 0 aromatic heterocycles. The summed E-state index contributed by atoms with van der Waals surface area (Å²) in [5.74, 6) is 0.832. The standard InChI is InChI=1S/C11H23N/c1-6-11(8(2)3)7-10(11)12-9(4)5/h8-10,12H,6-7H2,1-5H3. The van der Waals surface area contributed by atoms with E-state index in [1.54, 1.807) is 0 Å². The van der Waals surface area contributed by atoms with Gasteiger partial charge in [-0.15, -0.1) is 0 Å². The highest BCUT2D eigenvalue weighted by Gasteiger charge is 2.54. The van der Waals surface area contributed by atoms with Crippen LogP contribution in [0.5, 0.6) is 0 Å². The summed E-state index contributed by atoms with van der Waals surface area (Å²) >= 11 is 0. The summed E-state index contributed by atoms with van der Waals surface area (Å²) < 4.78 is 0. The van der Waals surface area contributed by atoms with Crippen LogP contribution in [0.3, 0.4) is 0 Å². The van der Waals surface area contributed by atoms with Gasteiger partial charge in [-0.3, -0.25) is 0 Å². The highest BCUT2D eigenvalue weighted by Crippen LogP contribution is 2.54. The fourth-order valence-electron chi connectivity index (χ4n) is 2.39. The lowest BCUT2D eigenvalue weighted by Crippen LogP contribution is -2.31. The van der Waals surface area contributed by atoms with Crippen LogP contribution in [0.15, 0.2) is 0 Å². The Morgan fingerprint density at radius 2 is 1.92 bits per heavy atom. The minimum absolute atomic E-state index is 0.629. The Labute approximate surface area is 76.9 Å². The topological polar surface area (TPSA) is 12.0 Å². The van der Waals surface area contributed by atoms with Crippen molar-refractivity contribution in [1.82, 2.24) is 5.32 Å². The molecule has 0 aromatic rings. The van der Waals surface area contributed by atoms with Gasteiger partial charge in [0.25, 0.3) is 0 Å². The van der Waals surface area contributed by atoms with Crippen LogP contribution in [0.4, 0.5) is 0 Å². The molecule has 2 unspecified atom stereocenters. The Kier molecular flexibility index (Phi) is 2.82. The zero-order valence-electron chi connectivity index (χ0n) is 9.15. The van der Waals surface area contributed by atoms with Crippen molar-refractivity contribution in [2.75, 3.05) is 0 Å². The van der Waals surface area contributed by atoms with Crippen LogP contribution in [0.2, 0.25) is 0 Å². The molecule has 0 aliphatic heterocycles. The molecular formula is C11H23N. The summed E-state index contributed by atoms with van der Waals surface area (Å²) in [6, 6.07) is 1.43. The molecule has 0 saturated heterocycles. The van der Waals surface area contributed by atoms with Gasteiger partial charge in [0.2, 0.25) is 0 Å². The minimum Gasteiger partial charge on any atom is -0.311 e. The van der Waals surface area contributed by atoms with E-state index >= 15 is 0 Å². The molecule has 1 saturated carbocycles. The second-order valence-electron chi connectivity index (χ2n) is 4.82.